The Balaban J connectivity index is 1.80. The van der Waals surface area contributed by atoms with E-state index in [1.54, 1.807) is 44.8 Å². The first-order valence-electron chi connectivity index (χ1n) is 11.4. The summed E-state index contributed by atoms with van der Waals surface area (Å²) < 4.78 is 31.8. The van der Waals surface area contributed by atoms with E-state index in [1.165, 1.54) is 12.3 Å². The van der Waals surface area contributed by atoms with Gasteiger partial charge in [-0.1, -0.05) is 0 Å². The Kier molecular flexibility index (Phi) is 5.73. The average molecular weight is 507 g/mol. The number of hydrogen-bond donors (Lipinski definition) is 0. The molecule has 5 heterocycles. The van der Waals surface area contributed by atoms with Gasteiger partial charge in [0.2, 0.25) is 23.2 Å². The van der Waals surface area contributed by atoms with Gasteiger partial charge in [-0.2, -0.15) is 9.49 Å². The smallest absolute Gasteiger partial charge is 0.414 e. The lowest BCUT2D eigenvalue weighted by Gasteiger charge is -2.26. The first-order valence-corrected chi connectivity index (χ1v) is 11.4. The quantitative estimate of drug-likeness (QED) is 0.231. The molecule has 190 valence electrons. The fraction of sp³-hybridized carbons (Fsp3) is 0.280. The standard InChI is InChI=1S/C25H22FN5O6/c1-5-35-24(34)31-12-18(32)37-25(2,3)22-16(11-30(4)29-22)14-8-15-19(31)21(36-23(15)28-10-14)20(33)13-6-7-17(26)27-9-13/h6-11H,5,12H2,1-4H3. The molecule has 2 bridgehead atoms. The van der Waals surface area contributed by atoms with Crippen molar-refractivity contribution in [1.29, 1.82) is 0 Å². The number of furan rings is 1. The number of ether oxygens (including phenoxy) is 2. The van der Waals surface area contributed by atoms with Gasteiger partial charge in [0.15, 0.2) is 5.60 Å². The van der Waals surface area contributed by atoms with Crippen LogP contribution in [0.3, 0.4) is 0 Å². The van der Waals surface area contributed by atoms with Crippen LogP contribution in [-0.4, -0.2) is 50.7 Å². The molecule has 0 fully saturated rings. The number of pyridine rings is 2. The topological polar surface area (TPSA) is 130 Å². The lowest BCUT2D eigenvalue weighted by atomic mass is 9.97. The Morgan fingerprint density at radius 1 is 1.22 bits per heavy atom. The van der Waals surface area contributed by atoms with E-state index >= 15 is 0 Å². The van der Waals surface area contributed by atoms with E-state index in [2.05, 4.69) is 15.1 Å². The summed E-state index contributed by atoms with van der Waals surface area (Å²) in [6.07, 6.45) is 3.45. The number of cyclic esters (lactones) is 1. The molecular formula is C25H22FN5O6. The average Bonchev–Trinajstić information content (AvgIpc) is 3.42. The minimum Gasteiger partial charge on any atom is -0.452 e. The van der Waals surface area contributed by atoms with Crippen LogP contribution in [0, 0.1) is 5.95 Å². The van der Waals surface area contributed by atoms with E-state index in [1.807, 2.05) is 0 Å². The summed E-state index contributed by atoms with van der Waals surface area (Å²) in [5, 5.41) is 4.78. The van der Waals surface area contributed by atoms with Crippen molar-refractivity contribution in [3.8, 4) is 11.1 Å². The van der Waals surface area contributed by atoms with Crippen molar-refractivity contribution in [3.63, 3.8) is 0 Å². The molecule has 0 radical (unpaired) electrons. The molecule has 0 aromatic carbocycles. The summed E-state index contributed by atoms with van der Waals surface area (Å²) in [5.41, 5.74) is 0.571. The van der Waals surface area contributed by atoms with Gasteiger partial charge in [-0.3, -0.25) is 19.2 Å². The molecule has 0 saturated heterocycles. The van der Waals surface area contributed by atoms with Crippen LogP contribution in [0.5, 0.6) is 0 Å². The molecule has 0 saturated carbocycles. The SMILES string of the molecule is CCOC(=O)N1CC(=O)OC(C)(C)c2nn(C)cc2-c2cnc3oc(C(=O)c4ccc(F)nc4)c1c3c2. The predicted octanol–water partition coefficient (Wildman–Crippen LogP) is 3.75. The summed E-state index contributed by atoms with van der Waals surface area (Å²) in [6.45, 7) is 4.40. The highest BCUT2D eigenvalue weighted by molar-refractivity contribution is 6.17. The van der Waals surface area contributed by atoms with E-state index in [4.69, 9.17) is 13.9 Å². The van der Waals surface area contributed by atoms with E-state index in [0.29, 0.717) is 16.8 Å². The number of anilines is 1. The normalized spacial score (nSPS) is 14.7. The lowest BCUT2D eigenvalue weighted by Crippen LogP contribution is -2.40. The molecule has 1 aliphatic heterocycles. The van der Waals surface area contributed by atoms with Crippen LogP contribution >= 0.6 is 0 Å². The molecule has 0 N–H and O–H groups in total. The van der Waals surface area contributed by atoms with Gasteiger partial charge >= 0.3 is 12.1 Å². The molecular weight excluding hydrogens is 485 g/mol. The zero-order chi connectivity index (χ0) is 26.5. The number of nitrogens with zero attached hydrogens (tertiary/aromatic N) is 5. The van der Waals surface area contributed by atoms with Crippen molar-refractivity contribution in [2.24, 2.45) is 7.05 Å². The maximum atomic E-state index is 13.5. The third-order valence-corrected chi connectivity index (χ3v) is 5.84. The number of aromatic nitrogens is 4. The third kappa shape index (κ3) is 4.20. The van der Waals surface area contributed by atoms with Gasteiger partial charge < -0.3 is 13.9 Å². The van der Waals surface area contributed by atoms with Crippen molar-refractivity contribution in [2.75, 3.05) is 18.1 Å². The summed E-state index contributed by atoms with van der Waals surface area (Å²) in [7, 11) is 1.74. The highest BCUT2D eigenvalue weighted by Crippen LogP contribution is 2.40. The number of rotatable bonds is 3. The maximum absolute atomic E-state index is 13.5. The first-order chi connectivity index (χ1) is 17.6. The number of amides is 1. The predicted molar refractivity (Wildman–Crippen MR) is 127 cm³/mol. The number of carbonyl (C=O) groups is 3. The van der Waals surface area contributed by atoms with Crippen LogP contribution in [0.1, 0.15) is 42.6 Å². The van der Waals surface area contributed by atoms with E-state index < -0.39 is 35.9 Å². The number of aryl methyl sites for hydroxylation is 1. The molecule has 1 amide bonds. The molecule has 37 heavy (non-hydrogen) atoms. The summed E-state index contributed by atoms with van der Waals surface area (Å²) >= 11 is 0. The van der Waals surface area contributed by atoms with Crippen LogP contribution in [0.15, 0.2) is 41.2 Å². The first kappa shape index (κ1) is 24.1. The summed E-state index contributed by atoms with van der Waals surface area (Å²) in [6, 6.07) is 3.96. The zero-order valence-corrected chi connectivity index (χ0v) is 20.4. The Bertz CT molecular complexity index is 1560. The molecule has 4 aromatic heterocycles. The zero-order valence-electron chi connectivity index (χ0n) is 20.4. The van der Waals surface area contributed by atoms with Gasteiger partial charge in [0.1, 0.15) is 17.9 Å². The third-order valence-electron chi connectivity index (χ3n) is 5.84. The number of esters is 1. The largest absolute Gasteiger partial charge is 0.452 e. The van der Waals surface area contributed by atoms with Gasteiger partial charge in [-0.05, 0) is 39.0 Å². The second-order valence-electron chi connectivity index (χ2n) is 8.89. The maximum Gasteiger partial charge on any atom is 0.414 e. The Morgan fingerprint density at radius 3 is 2.70 bits per heavy atom. The molecule has 4 aromatic rings. The number of fused-ring (bicyclic) bond motifs is 3. The molecule has 0 spiro atoms. The van der Waals surface area contributed by atoms with Gasteiger partial charge in [-0.15, -0.1) is 0 Å². The van der Waals surface area contributed by atoms with Crippen LogP contribution in [0.4, 0.5) is 14.9 Å². The highest BCUT2D eigenvalue weighted by atomic mass is 19.1. The lowest BCUT2D eigenvalue weighted by molar-refractivity contribution is -0.155. The molecule has 11 nitrogen and oxygen atoms in total. The summed E-state index contributed by atoms with van der Waals surface area (Å²) in [4.78, 5) is 48.6. The van der Waals surface area contributed by atoms with Gasteiger partial charge in [0.05, 0.1) is 12.0 Å². The van der Waals surface area contributed by atoms with E-state index in [9.17, 15) is 18.8 Å². The van der Waals surface area contributed by atoms with Gasteiger partial charge in [0, 0.05) is 42.3 Å². The second-order valence-corrected chi connectivity index (χ2v) is 8.89. The van der Waals surface area contributed by atoms with Crippen LogP contribution in [0.25, 0.3) is 22.2 Å². The van der Waals surface area contributed by atoms with Crippen molar-refractivity contribution in [1.82, 2.24) is 19.7 Å². The Labute approximate surface area is 209 Å². The van der Waals surface area contributed by atoms with Crippen LogP contribution in [0.2, 0.25) is 0 Å². The van der Waals surface area contributed by atoms with Crippen molar-refractivity contribution >= 4 is 34.6 Å². The molecule has 0 unspecified atom stereocenters. The van der Waals surface area contributed by atoms with Gasteiger partial charge in [-0.25, -0.2) is 14.8 Å². The van der Waals surface area contributed by atoms with Crippen LogP contribution < -0.4 is 4.90 Å². The van der Waals surface area contributed by atoms with E-state index in [-0.39, 0.29) is 34.7 Å². The van der Waals surface area contributed by atoms with Crippen molar-refractivity contribution in [3.05, 3.63) is 59.8 Å². The number of ketones is 1. The highest BCUT2D eigenvalue weighted by Gasteiger charge is 2.37. The van der Waals surface area contributed by atoms with E-state index in [0.717, 1.165) is 17.2 Å². The monoisotopic (exact) mass is 507 g/mol. The number of hydrogen-bond acceptors (Lipinski definition) is 9. The Hall–Kier alpha value is -4.61. The molecule has 5 rings (SSSR count). The van der Waals surface area contributed by atoms with Crippen molar-refractivity contribution in [2.45, 2.75) is 26.4 Å². The molecule has 0 atom stereocenters. The number of carbonyl (C=O) groups excluding carboxylic acids is 3. The molecule has 1 aliphatic rings. The Morgan fingerprint density at radius 2 is 2.00 bits per heavy atom. The minimum atomic E-state index is -1.17. The molecule has 12 heteroatoms. The minimum absolute atomic E-state index is 0.00769. The van der Waals surface area contributed by atoms with Crippen molar-refractivity contribution < 1.29 is 32.7 Å². The van der Waals surface area contributed by atoms with Gasteiger partial charge in [0.25, 0.3) is 0 Å². The van der Waals surface area contributed by atoms with Crippen LogP contribution in [-0.2, 0) is 26.9 Å². The number of halogens is 1. The summed E-state index contributed by atoms with van der Waals surface area (Å²) in [5.74, 6) is -2.52. The molecule has 0 aliphatic carbocycles. The fourth-order valence-electron chi connectivity index (χ4n) is 4.26. The fourth-order valence-corrected chi connectivity index (χ4v) is 4.26. The second kappa shape index (κ2) is 8.80.